The maximum atomic E-state index is 13.0. The number of aromatic nitrogens is 1. The lowest BCUT2D eigenvalue weighted by Gasteiger charge is -2.15. The molecule has 0 aliphatic rings. The number of carbonyl (C=O) groups excluding carboxylic acids is 2. The van der Waals surface area contributed by atoms with Crippen molar-refractivity contribution in [3.8, 4) is 5.75 Å². The number of hydrogen-bond donors (Lipinski definition) is 1. The number of methoxy groups -OCH3 is 1. The van der Waals surface area contributed by atoms with Crippen LogP contribution in [0.15, 0.2) is 57.9 Å². The predicted octanol–water partition coefficient (Wildman–Crippen LogP) is 4.24. The Labute approximate surface area is 179 Å². The third-order valence-electron chi connectivity index (χ3n) is 4.28. The van der Waals surface area contributed by atoms with E-state index in [2.05, 4.69) is 10.5 Å². The number of aryl methyl sites for hydroxylation is 1. The molecule has 156 valence electrons. The highest BCUT2D eigenvalue weighted by molar-refractivity contribution is 7.98. The first-order valence-corrected chi connectivity index (χ1v) is 10.2. The summed E-state index contributed by atoms with van der Waals surface area (Å²) in [6.07, 6.45) is 0. The quantitative estimate of drug-likeness (QED) is 0.570. The lowest BCUT2D eigenvalue weighted by atomic mass is 10.1. The van der Waals surface area contributed by atoms with Crippen molar-refractivity contribution in [2.24, 2.45) is 0 Å². The van der Waals surface area contributed by atoms with Crippen molar-refractivity contribution < 1.29 is 18.8 Å². The number of nitrogens with one attached hydrogen (secondary N) is 1. The van der Waals surface area contributed by atoms with E-state index in [1.165, 1.54) is 23.8 Å². The molecule has 0 bridgehead atoms. The van der Waals surface area contributed by atoms with Gasteiger partial charge in [0, 0.05) is 30.6 Å². The van der Waals surface area contributed by atoms with Crippen molar-refractivity contribution in [1.29, 1.82) is 0 Å². The molecule has 7 nitrogen and oxygen atoms in total. The second kappa shape index (κ2) is 9.49. The van der Waals surface area contributed by atoms with E-state index in [0.717, 1.165) is 16.3 Å². The molecule has 3 rings (SSSR count). The molecular formula is C22H23N3O4S. The third kappa shape index (κ3) is 5.01. The van der Waals surface area contributed by atoms with Crippen LogP contribution in [0.2, 0.25) is 0 Å². The van der Waals surface area contributed by atoms with Gasteiger partial charge in [-0.1, -0.05) is 17.3 Å². The monoisotopic (exact) mass is 425 g/mol. The number of anilines is 1. The van der Waals surface area contributed by atoms with E-state index in [0.29, 0.717) is 28.3 Å². The topological polar surface area (TPSA) is 84.7 Å². The number of amides is 2. The van der Waals surface area contributed by atoms with Crippen LogP contribution in [0, 0.1) is 6.92 Å². The van der Waals surface area contributed by atoms with E-state index >= 15 is 0 Å². The van der Waals surface area contributed by atoms with Crippen LogP contribution in [0.4, 0.5) is 5.69 Å². The number of nitrogens with zero attached hydrogens (tertiary/aromatic N) is 2. The molecule has 0 aliphatic carbocycles. The average molecular weight is 426 g/mol. The smallest absolute Gasteiger partial charge is 0.256 e. The molecular weight excluding hydrogens is 402 g/mol. The number of thioether (sulfide) groups is 1. The molecule has 2 aromatic carbocycles. The summed E-state index contributed by atoms with van der Waals surface area (Å²) in [6.45, 7) is 1.86. The molecule has 0 saturated carbocycles. The average Bonchev–Trinajstić information content (AvgIpc) is 3.16. The molecule has 1 aromatic heterocycles. The van der Waals surface area contributed by atoms with Crippen LogP contribution in [0.25, 0.3) is 0 Å². The van der Waals surface area contributed by atoms with Gasteiger partial charge >= 0.3 is 0 Å². The molecule has 2 amide bonds. The van der Waals surface area contributed by atoms with Crippen LogP contribution in [0.1, 0.15) is 32.2 Å². The molecule has 8 heteroatoms. The summed E-state index contributed by atoms with van der Waals surface area (Å²) in [7, 11) is 4.87. The Morgan fingerprint density at radius 3 is 2.60 bits per heavy atom. The Hall–Kier alpha value is -3.26. The van der Waals surface area contributed by atoms with Gasteiger partial charge in [-0.2, -0.15) is 0 Å². The van der Waals surface area contributed by atoms with E-state index in [1.807, 2.05) is 25.1 Å². The first-order chi connectivity index (χ1) is 14.4. The summed E-state index contributed by atoms with van der Waals surface area (Å²) in [5.74, 6) is 1.32. The van der Waals surface area contributed by atoms with Crippen LogP contribution in [-0.2, 0) is 5.75 Å². The molecule has 0 unspecified atom stereocenters. The van der Waals surface area contributed by atoms with Crippen LogP contribution in [-0.4, -0.2) is 43.1 Å². The van der Waals surface area contributed by atoms with Crippen molar-refractivity contribution in [3.63, 3.8) is 0 Å². The van der Waals surface area contributed by atoms with Gasteiger partial charge in [0.1, 0.15) is 11.5 Å². The summed E-state index contributed by atoms with van der Waals surface area (Å²) in [4.78, 5) is 27.6. The van der Waals surface area contributed by atoms with Crippen molar-refractivity contribution in [2.75, 3.05) is 26.5 Å². The maximum absolute atomic E-state index is 13.0. The first-order valence-electron chi connectivity index (χ1n) is 9.24. The van der Waals surface area contributed by atoms with E-state index in [9.17, 15) is 9.59 Å². The number of ether oxygens (including phenoxy) is 1. The highest BCUT2D eigenvalue weighted by Gasteiger charge is 2.17. The standard InChI is InChI=1S/C22H23N3O4S/c1-14-11-16(29-24-14)13-30-20-8-6-5-7-17(20)21(26)23-18-12-15(22(27)25(2)3)9-10-19(18)28-4/h5-12H,13H2,1-4H3,(H,23,26). The van der Waals surface area contributed by atoms with Crippen molar-refractivity contribution in [2.45, 2.75) is 17.6 Å². The van der Waals surface area contributed by atoms with Crippen molar-refractivity contribution in [1.82, 2.24) is 10.1 Å². The minimum absolute atomic E-state index is 0.161. The molecule has 3 aromatic rings. The van der Waals surface area contributed by atoms with Crippen LogP contribution < -0.4 is 10.1 Å². The summed E-state index contributed by atoms with van der Waals surface area (Å²) in [5, 5.41) is 6.75. The Morgan fingerprint density at radius 1 is 1.17 bits per heavy atom. The SMILES string of the molecule is COc1ccc(C(=O)N(C)C)cc1NC(=O)c1ccccc1SCc1cc(C)no1. The number of carbonyl (C=O) groups is 2. The highest BCUT2D eigenvalue weighted by atomic mass is 32.2. The normalized spacial score (nSPS) is 10.5. The molecule has 0 saturated heterocycles. The lowest BCUT2D eigenvalue weighted by Crippen LogP contribution is -2.22. The van der Waals surface area contributed by atoms with Gasteiger partial charge in [-0.3, -0.25) is 9.59 Å². The van der Waals surface area contributed by atoms with Crippen LogP contribution in [0.5, 0.6) is 5.75 Å². The van der Waals surface area contributed by atoms with E-state index < -0.39 is 0 Å². The zero-order valence-electron chi connectivity index (χ0n) is 17.3. The van der Waals surface area contributed by atoms with Gasteiger partial charge in [0.25, 0.3) is 11.8 Å². The molecule has 0 radical (unpaired) electrons. The Morgan fingerprint density at radius 2 is 1.93 bits per heavy atom. The highest BCUT2D eigenvalue weighted by Crippen LogP contribution is 2.30. The Bertz CT molecular complexity index is 1060. The van der Waals surface area contributed by atoms with E-state index in [-0.39, 0.29) is 11.8 Å². The molecule has 0 atom stereocenters. The molecule has 0 fully saturated rings. The van der Waals surface area contributed by atoms with Gasteiger partial charge in [0.15, 0.2) is 0 Å². The van der Waals surface area contributed by atoms with Gasteiger partial charge in [-0.25, -0.2) is 0 Å². The summed E-state index contributed by atoms with van der Waals surface area (Å²) in [6, 6.07) is 14.1. The molecule has 0 spiro atoms. The second-order valence-corrected chi connectivity index (χ2v) is 7.81. The van der Waals surface area contributed by atoms with E-state index in [1.54, 1.807) is 44.4 Å². The predicted molar refractivity (Wildman–Crippen MR) is 116 cm³/mol. The van der Waals surface area contributed by atoms with Crippen LogP contribution >= 0.6 is 11.8 Å². The van der Waals surface area contributed by atoms with Crippen molar-refractivity contribution >= 4 is 29.3 Å². The molecule has 1 N–H and O–H groups in total. The summed E-state index contributed by atoms with van der Waals surface area (Å²) >= 11 is 1.49. The van der Waals surface area contributed by atoms with E-state index in [4.69, 9.17) is 9.26 Å². The fourth-order valence-corrected chi connectivity index (χ4v) is 3.72. The summed E-state index contributed by atoms with van der Waals surface area (Å²) in [5.41, 5.74) is 2.22. The summed E-state index contributed by atoms with van der Waals surface area (Å²) < 4.78 is 10.6. The van der Waals surface area contributed by atoms with Crippen LogP contribution in [0.3, 0.4) is 0 Å². The Balaban J connectivity index is 1.82. The fourth-order valence-electron chi connectivity index (χ4n) is 2.80. The van der Waals surface area contributed by atoms with Gasteiger partial charge in [0.2, 0.25) is 0 Å². The second-order valence-electron chi connectivity index (χ2n) is 6.79. The van der Waals surface area contributed by atoms with Crippen molar-refractivity contribution in [3.05, 3.63) is 71.1 Å². The van der Waals surface area contributed by atoms with Gasteiger partial charge in [-0.05, 0) is 37.3 Å². The van der Waals surface area contributed by atoms with Gasteiger partial charge in [0.05, 0.1) is 29.8 Å². The molecule has 30 heavy (non-hydrogen) atoms. The largest absolute Gasteiger partial charge is 0.495 e. The van der Waals surface area contributed by atoms with Gasteiger partial charge in [-0.15, -0.1) is 11.8 Å². The first kappa shape index (κ1) is 21.4. The Kier molecular flexibility index (Phi) is 6.79. The molecule has 1 heterocycles. The molecule has 0 aliphatic heterocycles. The van der Waals surface area contributed by atoms with Gasteiger partial charge < -0.3 is 19.5 Å². The zero-order chi connectivity index (χ0) is 21.7. The number of benzene rings is 2. The maximum Gasteiger partial charge on any atom is 0.256 e. The fraction of sp³-hybridized carbons (Fsp3) is 0.227. The minimum atomic E-state index is -0.292. The number of hydrogen-bond acceptors (Lipinski definition) is 6. The third-order valence-corrected chi connectivity index (χ3v) is 5.38. The minimum Gasteiger partial charge on any atom is -0.495 e. The lowest BCUT2D eigenvalue weighted by molar-refractivity contribution is 0.0827. The zero-order valence-corrected chi connectivity index (χ0v) is 18.1. The number of rotatable bonds is 7.